The first-order chi connectivity index (χ1) is 6.86. The molecule has 0 bridgehead atoms. The quantitative estimate of drug-likeness (QED) is 0.700. The van der Waals surface area contributed by atoms with E-state index in [1.54, 1.807) is 0 Å². The Morgan fingerprint density at radius 1 is 1.14 bits per heavy atom. The highest BCUT2D eigenvalue weighted by Gasteiger charge is 1.93. The van der Waals surface area contributed by atoms with E-state index in [1.807, 2.05) is 31.3 Å². The summed E-state index contributed by atoms with van der Waals surface area (Å²) in [6, 6.07) is 8.04. The monoisotopic (exact) mass is 193 g/mol. The predicted molar refractivity (Wildman–Crippen MR) is 61.0 cm³/mol. The summed E-state index contributed by atoms with van der Waals surface area (Å²) in [5, 5.41) is 3.08. The number of nitrogens with one attached hydrogen (secondary N) is 1. The molecular weight excluding hydrogens is 174 g/mol. The van der Waals surface area contributed by atoms with Gasteiger partial charge in [0.15, 0.2) is 0 Å². The van der Waals surface area contributed by atoms with Crippen molar-refractivity contribution < 1.29 is 4.74 Å². The molecule has 0 aromatic heterocycles. The lowest BCUT2D eigenvalue weighted by Crippen LogP contribution is -1.97. The van der Waals surface area contributed by atoms with Crippen LogP contribution in [0.5, 0.6) is 5.75 Å². The fourth-order valence-electron chi connectivity index (χ4n) is 1.26. The first kappa shape index (κ1) is 10.9. The molecule has 0 aliphatic heterocycles. The van der Waals surface area contributed by atoms with E-state index < -0.39 is 0 Å². The van der Waals surface area contributed by atoms with E-state index in [4.69, 9.17) is 4.74 Å². The molecule has 1 N–H and O–H groups in total. The van der Waals surface area contributed by atoms with Gasteiger partial charge in [-0.05, 0) is 30.7 Å². The molecule has 2 nitrogen and oxygen atoms in total. The van der Waals surface area contributed by atoms with Crippen molar-refractivity contribution in [1.29, 1.82) is 0 Å². The summed E-state index contributed by atoms with van der Waals surface area (Å²) in [5.74, 6) is 0.958. The minimum absolute atomic E-state index is 0.826. The molecule has 2 heteroatoms. The Morgan fingerprint density at radius 2 is 1.86 bits per heavy atom. The molecule has 0 spiro atoms. The van der Waals surface area contributed by atoms with Crippen LogP contribution >= 0.6 is 0 Å². The topological polar surface area (TPSA) is 21.3 Å². The molecule has 1 aromatic rings. The van der Waals surface area contributed by atoms with Crippen LogP contribution in [0.2, 0.25) is 0 Å². The van der Waals surface area contributed by atoms with Gasteiger partial charge in [0.1, 0.15) is 5.75 Å². The summed E-state index contributed by atoms with van der Waals surface area (Å²) < 4.78 is 5.58. The molecule has 0 saturated heterocycles. The predicted octanol–water partition coefficient (Wildman–Crippen LogP) is 3.30. The number of hydrogen-bond acceptors (Lipinski definition) is 2. The van der Waals surface area contributed by atoms with Gasteiger partial charge in [-0.25, -0.2) is 0 Å². The van der Waals surface area contributed by atoms with Crippen molar-refractivity contribution >= 4 is 5.69 Å². The fourth-order valence-corrected chi connectivity index (χ4v) is 1.26. The fraction of sp³-hybridized carbons (Fsp3) is 0.500. The van der Waals surface area contributed by atoms with Crippen molar-refractivity contribution in [2.24, 2.45) is 0 Å². The van der Waals surface area contributed by atoms with E-state index in [2.05, 4.69) is 12.2 Å². The lowest BCUT2D eigenvalue weighted by molar-refractivity contribution is 0.306. The van der Waals surface area contributed by atoms with E-state index in [9.17, 15) is 0 Å². The van der Waals surface area contributed by atoms with Crippen LogP contribution in [-0.4, -0.2) is 13.7 Å². The minimum atomic E-state index is 0.826. The SMILES string of the molecule is CCCCCOc1ccc(NC)cc1. The average Bonchev–Trinajstić information content (AvgIpc) is 2.25. The van der Waals surface area contributed by atoms with Crippen LogP contribution in [0.25, 0.3) is 0 Å². The standard InChI is InChI=1S/C12H19NO/c1-3-4-5-10-14-12-8-6-11(13-2)7-9-12/h6-9,13H,3-5,10H2,1-2H3. The maximum atomic E-state index is 5.58. The van der Waals surface area contributed by atoms with Crippen LogP contribution < -0.4 is 10.1 Å². The summed E-state index contributed by atoms with van der Waals surface area (Å²) in [5.41, 5.74) is 1.12. The third-order valence-electron chi connectivity index (χ3n) is 2.16. The van der Waals surface area contributed by atoms with Crippen molar-refractivity contribution in [2.45, 2.75) is 26.2 Å². The van der Waals surface area contributed by atoms with Gasteiger partial charge < -0.3 is 10.1 Å². The number of ether oxygens (including phenoxy) is 1. The van der Waals surface area contributed by atoms with E-state index in [1.165, 1.54) is 12.8 Å². The number of unbranched alkanes of at least 4 members (excludes halogenated alkanes) is 2. The van der Waals surface area contributed by atoms with Gasteiger partial charge in [-0.1, -0.05) is 19.8 Å². The Bertz CT molecular complexity index is 243. The minimum Gasteiger partial charge on any atom is -0.494 e. The smallest absolute Gasteiger partial charge is 0.119 e. The van der Waals surface area contributed by atoms with Crippen molar-refractivity contribution in [1.82, 2.24) is 0 Å². The van der Waals surface area contributed by atoms with Crippen LogP contribution in [0.4, 0.5) is 5.69 Å². The van der Waals surface area contributed by atoms with Gasteiger partial charge in [-0.15, -0.1) is 0 Å². The van der Waals surface area contributed by atoms with Gasteiger partial charge in [0.05, 0.1) is 6.61 Å². The third-order valence-corrected chi connectivity index (χ3v) is 2.16. The summed E-state index contributed by atoms with van der Waals surface area (Å²) in [6.07, 6.45) is 3.63. The Balaban J connectivity index is 2.29. The van der Waals surface area contributed by atoms with Crippen molar-refractivity contribution in [3.63, 3.8) is 0 Å². The molecule has 14 heavy (non-hydrogen) atoms. The Hall–Kier alpha value is -1.18. The summed E-state index contributed by atoms with van der Waals surface area (Å²) >= 11 is 0. The zero-order valence-corrected chi connectivity index (χ0v) is 9.05. The van der Waals surface area contributed by atoms with Gasteiger partial charge >= 0.3 is 0 Å². The maximum Gasteiger partial charge on any atom is 0.119 e. The lowest BCUT2D eigenvalue weighted by atomic mass is 10.2. The van der Waals surface area contributed by atoms with Gasteiger partial charge in [-0.3, -0.25) is 0 Å². The molecule has 0 aliphatic carbocycles. The lowest BCUT2D eigenvalue weighted by Gasteiger charge is -2.06. The molecule has 0 radical (unpaired) electrons. The zero-order valence-electron chi connectivity index (χ0n) is 9.05. The Labute approximate surface area is 86.3 Å². The molecular formula is C12H19NO. The Morgan fingerprint density at radius 3 is 2.43 bits per heavy atom. The molecule has 1 rings (SSSR count). The normalized spacial score (nSPS) is 9.86. The maximum absolute atomic E-state index is 5.58. The van der Waals surface area contributed by atoms with Gasteiger partial charge in [-0.2, -0.15) is 0 Å². The number of rotatable bonds is 6. The zero-order chi connectivity index (χ0) is 10.2. The van der Waals surface area contributed by atoms with Crippen LogP contribution in [0, 0.1) is 0 Å². The highest BCUT2D eigenvalue weighted by atomic mass is 16.5. The van der Waals surface area contributed by atoms with Crippen LogP contribution in [0.15, 0.2) is 24.3 Å². The van der Waals surface area contributed by atoms with Gasteiger partial charge in [0.25, 0.3) is 0 Å². The highest BCUT2D eigenvalue weighted by molar-refractivity contribution is 5.45. The molecule has 0 fully saturated rings. The largest absolute Gasteiger partial charge is 0.494 e. The van der Waals surface area contributed by atoms with Crippen LogP contribution in [0.1, 0.15) is 26.2 Å². The second kappa shape index (κ2) is 6.30. The van der Waals surface area contributed by atoms with Crippen molar-refractivity contribution in [3.05, 3.63) is 24.3 Å². The first-order valence-electron chi connectivity index (χ1n) is 5.27. The van der Waals surface area contributed by atoms with Crippen LogP contribution in [-0.2, 0) is 0 Å². The van der Waals surface area contributed by atoms with E-state index in [0.29, 0.717) is 0 Å². The molecule has 0 atom stereocenters. The first-order valence-corrected chi connectivity index (χ1v) is 5.27. The van der Waals surface area contributed by atoms with Crippen molar-refractivity contribution in [2.75, 3.05) is 19.0 Å². The number of hydrogen-bond donors (Lipinski definition) is 1. The number of benzene rings is 1. The second-order valence-corrected chi connectivity index (χ2v) is 3.33. The molecule has 0 saturated carbocycles. The van der Waals surface area contributed by atoms with E-state index in [-0.39, 0.29) is 0 Å². The number of anilines is 1. The summed E-state index contributed by atoms with van der Waals surface area (Å²) in [4.78, 5) is 0. The van der Waals surface area contributed by atoms with Gasteiger partial charge in [0.2, 0.25) is 0 Å². The molecule has 0 unspecified atom stereocenters. The summed E-state index contributed by atoms with van der Waals surface area (Å²) in [6.45, 7) is 3.02. The summed E-state index contributed by atoms with van der Waals surface area (Å²) in [7, 11) is 1.91. The average molecular weight is 193 g/mol. The van der Waals surface area contributed by atoms with Crippen molar-refractivity contribution in [3.8, 4) is 5.75 Å². The van der Waals surface area contributed by atoms with Gasteiger partial charge in [0, 0.05) is 12.7 Å². The van der Waals surface area contributed by atoms with E-state index >= 15 is 0 Å². The second-order valence-electron chi connectivity index (χ2n) is 3.33. The highest BCUT2D eigenvalue weighted by Crippen LogP contribution is 2.15. The van der Waals surface area contributed by atoms with E-state index in [0.717, 1.165) is 24.5 Å². The third kappa shape index (κ3) is 3.69. The molecule has 1 aromatic carbocycles. The molecule has 0 amide bonds. The molecule has 0 heterocycles. The molecule has 78 valence electrons. The Kier molecular flexibility index (Phi) is 4.90. The molecule has 0 aliphatic rings. The van der Waals surface area contributed by atoms with Crippen LogP contribution in [0.3, 0.4) is 0 Å².